The molecule has 122 valence electrons. The van der Waals surface area contributed by atoms with Crippen LogP contribution in [0.15, 0.2) is 34.9 Å². The third kappa shape index (κ3) is 4.82. The number of halogens is 1. The standard InChI is InChI=1S/C16H17ClN2O4/c1-2-3-13(16(21)22)19-14(20)8-12-9-23-15(18-12)10-4-6-11(17)7-5-10/h4-7,9,13H,2-3,8H2,1H3,(H,19,20)(H,21,22). The van der Waals surface area contributed by atoms with Crippen LogP contribution in [0.4, 0.5) is 0 Å². The van der Waals surface area contributed by atoms with Gasteiger partial charge in [0.05, 0.1) is 12.1 Å². The van der Waals surface area contributed by atoms with E-state index in [0.717, 1.165) is 5.56 Å². The van der Waals surface area contributed by atoms with E-state index in [0.29, 0.717) is 29.4 Å². The first-order chi connectivity index (χ1) is 11.0. The molecular weight excluding hydrogens is 320 g/mol. The Kier molecular flexibility index (Phi) is 5.76. The molecule has 1 heterocycles. The van der Waals surface area contributed by atoms with Gasteiger partial charge in [-0.1, -0.05) is 24.9 Å². The summed E-state index contributed by atoms with van der Waals surface area (Å²) in [6.45, 7) is 1.86. The predicted molar refractivity (Wildman–Crippen MR) is 85.1 cm³/mol. The Hall–Kier alpha value is -2.34. The van der Waals surface area contributed by atoms with Crippen LogP contribution in [0.5, 0.6) is 0 Å². The van der Waals surface area contributed by atoms with Crippen molar-refractivity contribution >= 4 is 23.5 Å². The molecule has 6 nitrogen and oxygen atoms in total. The number of carboxylic acids is 1. The van der Waals surface area contributed by atoms with Gasteiger partial charge in [-0.3, -0.25) is 4.79 Å². The number of benzene rings is 1. The van der Waals surface area contributed by atoms with Gasteiger partial charge in [-0.2, -0.15) is 0 Å². The van der Waals surface area contributed by atoms with Crippen molar-refractivity contribution in [2.45, 2.75) is 32.2 Å². The summed E-state index contributed by atoms with van der Waals surface area (Å²) >= 11 is 5.82. The van der Waals surface area contributed by atoms with E-state index in [1.807, 2.05) is 6.92 Å². The van der Waals surface area contributed by atoms with Crippen molar-refractivity contribution in [2.24, 2.45) is 0 Å². The van der Waals surface area contributed by atoms with Crippen molar-refractivity contribution in [1.82, 2.24) is 10.3 Å². The number of carboxylic acid groups (broad SMARTS) is 1. The third-order valence-corrected chi connectivity index (χ3v) is 3.45. The van der Waals surface area contributed by atoms with Crippen molar-refractivity contribution in [3.05, 3.63) is 41.2 Å². The zero-order chi connectivity index (χ0) is 16.8. The summed E-state index contributed by atoms with van der Waals surface area (Å²) in [5.74, 6) is -1.06. The number of hydrogen-bond donors (Lipinski definition) is 2. The lowest BCUT2D eigenvalue weighted by Gasteiger charge is -2.12. The van der Waals surface area contributed by atoms with Gasteiger partial charge in [0.1, 0.15) is 12.3 Å². The fourth-order valence-electron chi connectivity index (χ4n) is 2.07. The molecule has 1 unspecified atom stereocenters. The van der Waals surface area contributed by atoms with E-state index in [1.165, 1.54) is 6.26 Å². The van der Waals surface area contributed by atoms with Gasteiger partial charge in [-0.25, -0.2) is 9.78 Å². The second kappa shape index (κ2) is 7.78. The molecule has 0 fully saturated rings. The molecular formula is C16H17ClN2O4. The van der Waals surface area contributed by atoms with E-state index in [1.54, 1.807) is 24.3 Å². The van der Waals surface area contributed by atoms with Crippen LogP contribution in [-0.2, 0) is 16.0 Å². The van der Waals surface area contributed by atoms with Crippen LogP contribution in [0.25, 0.3) is 11.5 Å². The number of amides is 1. The fraction of sp³-hybridized carbons (Fsp3) is 0.312. The minimum atomic E-state index is -1.04. The van der Waals surface area contributed by atoms with Gasteiger partial charge in [-0.15, -0.1) is 0 Å². The number of hydrogen-bond acceptors (Lipinski definition) is 4. The molecule has 7 heteroatoms. The quantitative estimate of drug-likeness (QED) is 0.811. The summed E-state index contributed by atoms with van der Waals surface area (Å²) < 4.78 is 5.34. The van der Waals surface area contributed by atoms with Crippen molar-refractivity contribution in [1.29, 1.82) is 0 Å². The zero-order valence-electron chi connectivity index (χ0n) is 12.6. The SMILES string of the molecule is CCCC(NC(=O)Cc1coc(-c2ccc(Cl)cc2)n1)C(=O)O. The number of carbonyl (C=O) groups excluding carboxylic acids is 1. The molecule has 23 heavy (non-hydrogen) atoms. The summed E-state index contributed by atoms with van der Waals surface area (Å²) in [6.07, 6.45) is 2.40. The molecule has 0 aliphatic rings. The van der Waals surface area contributed by atoms with Crippen molar-refractivity contribution in [3.8, 4) is 11.5 Å². The predicted octanol–water partition coefficient (Wildman–Crippen LogP) is 2.91. The lowest BCUT2D eigenvalue weighted by Crippen LogP contribution is -2.41. The van der Waals surface area contributed by atoms with Gasteiger partial charge in [0.25, 0.3) is 0 Å². The Labute approximate surface area is 138 Å². The lowest BCUT2D eigenvalue weighted by atomic mass is 10.1. The maximum atomic E-state index is 11.9. The van der Waals surface area contributed by atoms with Crippen LogP contribution in [-0.4, -0.2) is 28.0 Å². The highest BCUT2D eigenvalue weighted by molar-refractivity contribution is 6.30. The molecule has 1 aromatic heterocycles. The van der Waals surface area contributed by atoms with E-state index in [4.69, 9.17) is 21.1 Å². The van der Waals surface area contributed by atoms with Crippen LogP contribution < -0.4 is 5.32 Å². The molecule has 0 saturated carbocycles. The normalized spacial score (nSPS) is 11.9. The first-order valence-electron chi connectivity index (χ1n) is 7.22. The maximum absolute atomic E-state index is 11.9. The average Bonchev–Trinajstić information content (AvgIpc) is 2.95. The molecule has 0 aliphatic carbocycles. The Morgan fingerprint density at radius 1 is 1.35 bits per heavy atom. The molecule has 0 saturated heterocycles. The highest BCUT2D eigenvalue weighted by atomic mass is 35.5. The minimum Gasteiger partial charge on any atom is -0.480 e. The number of oxazole rings is 1. The van der Waals surface area contributed by atoms with E-state index in [9.17, 15) is 9.59 Å². The summed E-state index contributed by atoms with van der Waals surface area (Å²) in [5, 5.41) is 12.1. The van der Waals surface area contributed by atoms with Crippen LogP contribution in [0.3, 0.4) is 0 Å². The molecule has 2 N–H and O–H groups in total. The maximum Gasteiger partial charge on any atom is 0.326 e. The minimum absolute atomic E-state index is 0.0371. The molecule has 1 atom stereocenters. The number of carbonyl (C=O) groups is 2. The topological polar surface area (TPSA) is 92.4 Å². The molecule has 0 bridgehead atoms. The smallest absolute Gasteiger partial charge is 0.326 e. The summed E-state index contributed by atoms with van der Waals surface area (Å²) in [5.41, 5.74) is 1.18. The molecule has 1 amide bonds. The van der Waals surface area contributed by atoms with Crippen molar-refractivity contribution in [2.75, 3.05) is 0 Å². The Bertz CT molecular complexity index is 682. The highest BCUT2D eigenvalue weighted by Crippen LogP contribution is 2.21. The number of nitrogens with zero attached hydrogens (tertiary/aromatic N) is 1. The van der Waals surface area contributed by atoms with Crippen molar-refractivity contribution < 1.29 is 19.1 Å². The van der Waals surface area contributed by atoms with Gasteiger partial charge in [0, 0.05) is 10.6 Å². The first-order valence-corrected chi connectivity index (χ1v) is 7.60. The van der Waals surface area contributed by atoms with Crippen LogP contribution >= 0.6 is 11.6 Å². The lowest BCUT2D eigenvalue weighted by molar-refractivity contribution is -0.141. The van der Waals surface area contributed by atoms with E-state index in [2.05, 4.69) is 10.3 Å². The van der Waals surface area contributed by atoms with Crippen LogP contribution in [0, 0.1) is 0 Å². The number of nitrogens with one attached hydrogen (secondary N) is 1. The highest BCUT2D eigenvalue weighted by Gasteiger charge is 2.19. The second-order valence-electron chi connectivity index (χ2n) is 5.07. The molecule has 1 aromatic carbocycles. The largest absolute Gasteiger partial charge is 0.480 e. The molecule has 2 aromatic rings. The fourth-order valence-corrected chi connectivity index (χ4v) is 2.20. The summed E-state index contributed by atoms with van der Waals surface area (Å²) in [6, 6.07) is 6.08. The first kappa shape index (κ1) is 17.0. The van der Waals surface area contributed by atoms with Gasteiger partial charge >= 0.3 is 5.97 Å². The second-order valence-corrected chi connectivity index (χ2v) is 5.51. The van der Waals surface area contributed by atoms with Crippen LogP contribution in [0.1, 0.15) is 25.5 Å². The van der Waals surface area contributed by atoms with Crippen LogP contribution in [0.2, 0.25) is 5.02 Å². The molecule has 0 radical (unpaired) electrons. The molecule has 0 aliphatic heterocycles. The Balaban J connectivity index is 1.99. The molecule has 2 rings (SSSR count). The third-order valence-electron chi connectivity index (χ3n) is 3.20. The number of rotatable bonds is 7. The van der Waals surface area contributed by atoms with Gasteiger partial charge < -0.3 is 14.8 Å². The van der Waals surface area contributed by atoms with E-state index >= 15 is 0 Å². The summed E-state index contributed by atoms with van der Waals surface area (Å²) in [4.78, 5) is 27.2. The Morgan fingerprint density at radius 3 is 2.65 bits per heavy atom. The van der Waals surface area contributed by atoms with Crippen molar-refractivity contribution in [3.63, 3.8) is 0 Å². The van der Waals surface area contributed by atoms with Gasteiger partial charge in [0.15, 0.2) is 0 Å². The summed E-state index contributed by atoms with van der Waals surface area (Å²) in [7, 11) is 0. The van der Waals surface area contributed by atoms with Gasteiger partial charge in [-0.05, 0) is 30.7 Å². The van der Waals surface area contributed by atoms with E-state index < -0.39 is 17.9 Å². The number of aromatic nitrogens is 1. The Morgan fingerprint density at radius 2 is 2.04 bits per heavy atom. The zero-order valence-corrected chi connectivity index (χ0v) is 13.3. The average molecular weight is 337 g/mol. The van der Waals surface area contributed by atoms with Gasteiger partial charge in [0.2, 0.25) is 11.8 Å². The monoisotopic (exact) mass is 336 g/mol. The number of aliphatic carboxylic acids is 1. The van der Waals surface area contributed by atoms with E-state index in [-0.39, 0.29) is 6.42 Å². The molecule has 0 spiro atoms.